The van der Waals surface area contributed by atoms with Crippen molar-refractivity contribution >= 4 is 28.3 Å². The van der Waals surface area contributed by atoms with E-state index in [1.54, 1.807) is 0 Å². The number of carbonyl (C=O) groups excluding carboxylic acids is 1. The Hall–Kier alpha value is -3.18. The van der Waals surface area contributed by atoms with Crippen LogP contribution in [0.1, 0.15) is 36.7 Å². The van der Waals surface area contributed by atoms with E-state index in [2.05, 4.69) is 61.8 Å². The Balaban J connectivity index is 1.54. The number of rotatable bonds is 7. The highest BCUT2D eigenvalue weighted by Crippen LogP contribution is 2.28. The minimum Gasteiger partial charge on any atom is -0.298 e. The van der Waals surface area contributed by atoms with Gasteiger partial charge in [-0.15, -0.1) is 16.8 Å². The molecule has 0 aliphatic rings. The van der Waals surface area contributed by atoms with Gasteiger partial charge >= 0.3 is 0 Å². The van der Waals surface area contributed by atoms with Gasteiger partial charge in [0.2, 0.25) is 0 Å². The third kappa shape index (κ3) is 4.68. The first-order valence-electron chi connectivity index (χ1n) is 10.7. The van der Waals surface area contributed by atoms with Crippen LogP contribution in [0.4, 0.5) is 0 Å². The van der Waals surface area contributed by atoms with Crippen molar-refractivity contribution < 1.29 is 4.79 Å². The molecule has 0 aliphatic carbocycles. The quantitative estimate of drug-likeness (QED) is 0.185. The van der Waals surface area contributed by atoms with Gasteiger partial charge in [-0.05, 0) is 27.8 Å². The topological polar surface area (TPSA) is 47.8 Å². The summed E-state index contributed by atoms with van der Waals surface area (Å²) in [6.07, 6.45) is 1.82. The monoisotopic (exact) mass is 441 g/mol. The van der Waals surface area contributed by atoms with Gasteiger partial charge in [0.05, 0.1) is 5.75 Å². The first-order valence-corrected chi connectivity index (χ1v) is 11.6. The largest absolute Gasteiger partial charge is 0.298 e. The summed E-state index contributed by atoms with van der Waals surface area (Å²) in [4.78, 5) is 12.8. The zero-order valence-corrected chi connectivity index (χ0v) is 19.5. The second-order valence-corrected chi connectivity index (χ2v) is 9.75. The van der Waals surface area contributed by atoms with Crippen molar-refractivity contribution in [2.45, 2.75) is 37.9 Å². The fourth-order valence-electron chi connectivity index (χ4n) is 3.60. The van der Waals surface area contributed by atoms with Crippen LogP contribution in [0.5, 0.6) is 0 Å². The number of nitrogens with zero attached hydrogens (tertiary/aromatic N) is 3. The maximum absolute atomic E-state index is 12.8. The molecule has 5 heteroatoms. The number of ketones is 1. The number of Topliss-reactive ketones (excluding diaryl/α,β-unsaturated/α-hetero) is 1. The van der Waals surface area contributed by atoms with Crippen LogP contribution >= 0.6 is 11.8 Å². The van der Waals surface area contributed by atoms with Crippen molar-refractivity contribution in [3.8, 4) is 11.4 Å². The van der Waals surface area contributed by atoms with Crippen molar-refractivity contribution in [1.82, 2.24) is 14.8 Å². The predicted molar refractivity (Wildman–Crippen MR) is 133 cm³/mol. The summed E-state index contributed by atoms with van der Waals surface area (Å²) in [6, 6.07) is 22.3. The predicted octanol–water partition coefficient (Wildman–Crippen LogP) is 6.56. The van der Waals surface area contributed by atoms with E-state index in [-0.39, 0.29) is 11.2 Å². The Morgan fingerprint density at radius 3 is 2.41 bits per heavy atom. The van der Waals surface area contributed by atoms with Crippen molar-refractivity contribution in [1.29, 1.82) is 0 Å². The number of fused-ring (bicyclic) bond motifs is 1. The smallest absolute Gasteiger partial charge is 0.192 e. The second kappa shape index (κ2) is 9.13. The summed E-state index contributed by atoms with van der Waals surface area (Å²) in [5, 5.41) is 11.7. The van der Waals surface area contributed by atoms with Gasteiger partial charge in [-0.2, -0.15) is 0 Å². The van der Waals surface area contributed by atoms with Gasteiger partial charge in [-0.1, -0.05) is 99.3 Å². The molecule has 4 rings (SSSR count). The molecule has 1 aromatic heterocycles. The molecule has 32 heavy (non-hydrogen) atoms. The molecule has 0 spiro atoms. The lowest BCUT2D eigenvalue weighted by molar-refractivity contribution is 0.102. The van der Waals surface area contributed by atoms with Gasteiger partial charge in [-0.25, -0.2) is 0 Å². The molecule has 0 aliphatic heterocycles. The normalized spacial score (nSPS) is 11.6. The fraction of sp³-hybridized carbons (Fsp3) is 0.222. The van der Waals surface area contributed by atoms with E-state index in [1.807, 2.05) is 53.1 Å². The Morgan fingerprint density at radius 1 is 1.00 bits per heavy atom. The molecule has 4 nitrogen and oxygen atoms in total. The SMILES string of the molecule is C=CCn1c(SCC(=O)c2ccc3ccccc3c2)nnc1-c1ccc(C(C)(C)C)cc1. The number of allylic oxidation sites excluding steroid dienone is 1. The number of hydrogen-bond donors (Lipinski definition) is 0. The van der Waals surface area contributed by atoms with Crippen molar-refractivity contribution in [3.05, 3.63) is 90.5 Å². The van der Waals surface area contributed by atoms with Gasteiger partial charge in [0, 0.05) is 17.7 Å². The van der Waals surface area contributed by atoms with E-state index in [1.165, 1.54) is 17.3 Å². The van der Waals surface area contributed by atoms with E-state index in [0.717, 1.165) is 22.2 Å². The molecule has 4 aromatic rings. The van der Waals surface area contributed by atoms with Crippen LogP contribution in [0, 0.1) is 0 Å². The zero-order valence-electron chi connectivity index (χ0n) is 18.7. The Kier molecular flexibility index (Phi) is 6.28. The molecule has 0 amide bonds. The molecule has 0 fully saturated rings. The van der Waals surface area contributed by atoms with E-state index in [9.17, 15) is 4.79 Å². The zero-order chi connectivity index (χ0) is 22.7. The van der Waals surface area contributed by atoms with Gasteiger partial charge in [0.25, 0.3) is 0 Å². The van der Waals surface area contributed by atoms with Crippen molar-refractivity contribution in [2.75, 3.05) is 5.75 Å². The summed E-state index contributed by atoms with van der Waals surface area (Å²) in [6.45, 7) is 11.1. The highest BCUT2D eigenvalue weighted by molar-refractivity contribution is 7.99. The van der Waals surface area contributed by atoms with Crippen LogP contribution in [-0.2, 0) is 12.0 Å². The average Bonchev–Trinajstić information content (AvgIpc) is 3.19. The number of hydrogen-bond acceptors (Lipinski definition) is 4. The van der Waals surface area contributed by atoms with Crippen molar-refractivity contribution in [2.24, 2.45) is 0 Å². The molecule has 0 saturated carbocycles. The molecule has 0 unspecified atom stereocenters. The number of aromatic nitrogens is 3. The molecule has 0 bridgehead atoms. The molecular formula is C27H27N3OS. The molecular weight excluding hydrogens is 414 g/mol. The first-order chi connectivity index (χ1) is 15.4. The molecule has 0 saturated heterocycles. The van der Waals surface area contributed by atoms with E-state index in [0.29, 0.717) is 23.0 Å². The van der Waals surface area contributed by atoms with E-state index >= 15 is 0 Å². The third-order valence-corrected chi connectivity index (χ3v) is 6.41. The van der Waals surface area contributed by atoms with E-state index in [4.69, 9.17) is 0 Å². The number of carbonyl (C=O) groups is 1. The van der Waals surface area contributed by atoms with E-state index < -0.39 is 0 Å². The third-order valence-electron chi connectivity index (χ3n) is 5.44. The van der Waals surface area contributed by atoms with Crippen LogP contribution < -0.4 is 0 Å². The first kappa shape index (κ1) is 22.0. The maximum Gasteiger partial charge on any atom is 0.192 e. The molecule has 0 radical (unpaired) electrons. The molecule has 3 aromatic carbocycles. The van der Waals surface area contributed by atoms with Crippen LogP contribution in [0.25, 0.3) is 22.2 Å². The Bertz CT molecular complexity index is 1270. The van der Waals surface area contributed by atoms with Crippen LogP contribution in [-0.4, -0.2) is 26.3 Å². The summed E-state index contributed by atoms with van der Waals surface area (Å²) < 4.78 is 2.01. The number of thioether (sulfide) groups is 1. The highest BCUT2D eigenvalue weighted by Gasteiger charge is 2.18. The number of benzene rings is 3. The van der Waals surface area contributed by atoms with Crippen molar-refractivity contribution in [3.63, 3.8) is 0 Å². The average molecular weight is 442 g/mol. The molecule has 0 atom stereocenters. The maximum atomic E-state index is 12.8. The highest BCUT2D eigenvalue weighted by atomic mass is 32.2. The van der Waals surface area contributed by atoms with Gasteiger partial charge in [-0.3, -0.25) is 9.36 Å². The second-order valence-electron chi connectivity index (χ2n) is 8.81. The summed E-state index contributed by atoms with van der Waals surface area (Å²) in [5.74, 6) is 1.16. The summed E-state index contributed by atoms with van der Waals surface area (Å²) in [7, 11) is 0. The Morgan fingerprint density at radius 2 is 1.72 bits per heavy atom. The summed E-state index contributed by atoms with van der Waals surface area (Å²) >= 11 is 1.41. The van der Waals surface area contributed by atoms with Gasteiger partial charge in [0.15, 0.2) is 16.8 Å². The van der Waals surface area contributed by atoms with Crippen LogP contribution in [0.3, 0.4) is 0 Å². The van der Waals surface area contributed by atoms with Gasteiger partial charge < -0.3 is 0 Å². The molecule has 1 heterocycles. The summed E-state index contributed by atoms with van der Waals surface area (Å²) in [5.41, 5.74) is 3.08. The van der Waals surface area contributed by atoms with Crippen LogP contribution in [0.2, 0.25) is 0 Å². The molecule has 162 valence electrons. The lowest BCUT2D eigenvalue weighted by atomic mass is 9.87. The van der Waals surface area contributed by atoms with Gasteiger partial charge in [0.1, 0.15) is 0 Å². The Labute approximate surface area is 193 Å². The minimum atomic E-state index is 0.0741. The standard InChI is InChI=1S/C27H27N3OS/c1-5-16-30-25(20-12-14-23(15-13-20)27(2,3)4)28-29-26(30)32-18-24(31)22-11-10-19-8-6-7-9-21(19)17-22/h5-15,17H,1,16,18H2,2-4H3. The minimum absolute atomic E-state index is 0.0741. The van der Waals surface area contributed by atoms with Crippen LogP contribution in [0.15, 0.2) is 84.5 Å². The molecule has 0 N–H and O–H groups in total. The fourth-order valence-corrected chi connectivity index (χ4v) is 4.44. The lowest BCUT2D eigenvalue weighted by Crippen LogP contribution is -2.10. The lowest BCUT2D eigenvalue weighted by Gasteiger charge is -2.19.